The highest BCUT2D eigenvalue weighted by Gasteiger charge is 2.30. The van der Waals surface area contributed by atoms with Crippen molar-refractivity contribution in [3.05, 3.63) is 22.4 Å². The van der Waals surface area contributed by atoms with Gasteiger partial charge in [-0.05, 0) is 25.3 Å². The van der Waals surface area contributed by atoms with E-state index in [1.165, 1.54) is 15.6 Å². The van der Waals surface area contributed by atoms with E-state index in [1.54, 1.807) is 12.1 Å². The first-order valence-electron chi connectivity index (χ1n) is 6.83. The third kappa shape index (κ3) is 4.50. The Morgan fingerprint density at radius 3 is 2.67 bits per heavy atom. The molecule has 2 rings (SSSR count). The van der Waals surface area contributed by atoms with Gasteiger partial charge in [-0.1, -0.05) is 6.07 Å². The molecule has 1 fully saturated rings. The molecule has 0 saturated carbocycles. The Balaban J connectivity index is 1.85. The lowest BCUT2D eigenvalue weighted by molar-refractivity contribution is -0.0440. The molecule has 1 saturated heterocycles. The molecule has 1 aromatic rings. The third-order valence-electron chi connectivity index (χ3n) is 3.17. The Morgan fingerprint density at radius 1 is 1.43 bits per heavy atom. The van der Waals surface area contributed by atoms with Crippen LogP contribution in [-0.2, 0) is 14.8 Å². The molecule has 1 aliphatic heterocycles. The highest BCUT2D eigenvalue weighted by atomic mass is 32.2. The van der Waals surface area contributed by atoms with Crippen LogP contribution in [-0.4, -0.2) is 56.2 Å². The molecule has 118 valence electrons. The van der Waals surface area contributed by atoms with Gasteiger partial charge in [-0.3, -0.25) is 4.79 Å². The van der Waals surface area contributed by atoms with Crippen molar-refractivity contribution in [3.63, 3.8) is 0 Å². The monoisotopic (exact) mass is 332 g/mol. The van der Waals surface area contributed by atoms with Crippen LogP contribution >= 0.6 is 11.3 Å². The Bertz CT molecular complexity index is 561. The van der Waals surface area contributed by atoms with Crippen LogP contribution in [0, 0.1) is 0 Å². The lowest BCUT2D eigenvalue weighted by Gasteiger charge is -2.34. The molecule has 0 spiro atoms. The van der Waals surface area contributed by atoms with Crippen molar-refractivity contribution >= 4 is 27.3 Å². The maximum atomic E-state index is 12.3. The van der Waals surface area contributed by atoms with Gasteiger partial charge in [0.2, 0.25) is 10.0 Å². The molecule has 1 aliphatic rings. The van der Waals surface area contributed by atoms with E-state index in [0.29, 0.717) is 18.0 Å². The number of nitrogens with zero attached hydrogens (tertiary/aromatic N) is 1. The van der Waals surface area contributed by atoms with E-state index in [2.05, 4.69) is 5.32 Å². The van der Waals surface area contributed by atoms with Gasteiger partial charge in [0, 0.05) is 19.6 Å². The standard InChI is InChI=1S/C13H20N2O4S2/c1-10-8-15(9-11(2)19-10)21(17,18)7-5-14-13(16)12-4-3-6-20-12/h3-4,6,10-11H,5,7-9H2,1-2H3,(H,14,16)/t10-,11-/m1/s1. The molecule has 0 aromatic carbocycles. The number of amides is 1. The smallest absolute Gasteiger partial charge is 0.261 e. The van der Waals surface area contributed by atoms with E-state index in [9.17, 15) is 13.2 Å². The number of ether oxygens (including phenoxy) is 1. The van der Waals surface area contributed by atoms with Crippen molar-refractivity contribution < 1.29 is 17.9 Å². The summed E-state index contributed by atoms with van der Waals surface area (Å²) in [6.45, 7) is 4.56. The zero-order valence-electron chi connectivity index (χ0n) is 12.1. The summed E-state index contributed by atoms with van der Waals surface area (Å²) in [5.74, 6) is -0.326. The fourth-order valence-electron chi connectivity index (χ4n) is 2.28. The first-order chi connectivity index (χ1) is 9.88. The Hall–Kier alpha value is -0.960. The number of rotatable bonds is 5. The molecule has 1 amide bonds. The van der Waals surface area contributed by atoms with Gasteiger partial charge in [0.15, 0.2) is 0 Å². The second-order valence-electron chi connectivity index (χ2n) is 5.12. The van der Waals surface area contributed by atoms with Crippen LogP contribution in [0.4, 0.5) is 0 Å². The summed E-state index contributed by atoms with van der Waals surface area (Å²) >= 11 is 1.33. The van der Waals surface area contributed by atoms with Gasteiger partial charge in [0.05, 0.1) is 22.8 Å². The van der Waals surface area contributed by atoms with Crippen LogP contribution in [0.25, 0.3) is 0 Å². The first kappa shape index (κ1) is 16.4. The molecular weight excluding hydrogens is 312 g/mol. The quantitative estimate of drug-likeness (QED) is 0.870. The highest BCUT2D eigenvalue weighted by molar-refractivity contribution is 7.89. The highest BCUT2D eigenvalue weighted by Crippen LogP contribution is 2.14. The van der Waals surface area contributed by atoms with Gasteiger partial charge in [0.1, 0.15) is 0 Å². The summed E-state index contributed by atoms with van der Waals surface area (Å²) < 4.78 is 31.5. The van der Waals surface area contributed by atoms with Crippen LogP contribution in [0.3, 0.4) is 0 Å². The number of carbonyl (C=O) groups is 1. The van der Waals surface area contributed by atoms with Crippen LogP contribution < -0.4 is 5.32 Å². The number of hydrogen-bond donors (Lipinski definition) is 1. The van der Waals surface area contributed by atoms with Crippen molar-refractivity contribution in [2.75, 3.05) is 25.4 Å². The Kier molecular flexibility index (Phi) is 5.37. The van der Waals surface area contributed by atoms with Crippen LogP contribution in [0.15, 0.2) is 17.5 Å². The molecule has 1 N–H and O–H groups in total. The van der Waals surface area contributed by atoms with Crippen molar-refractivity contribution in [3.8, 4) is 0 Å². The summed E-state index contributed by atoms with van der Waals surface area (Å²) in [7, 11) is -3.37. The zero-order chi connectivity index (χ0) is 15.5. The maximum Gasteiger partial charge on any atom is 0.261 e. The summed E-state index contributed by atoms with van der Waals surface area (Å²) in [6.07, 6.45) is -0.214. The maximum absolute atomic E-state index is 12.3. The second-order valence-corrected chi connectivity index (χ2v) is 8.16. The number of nitrogens with one attached hydrogen (secondary N) is 1. The molecule has 8 heteroatoms. The van der Waals surface area contributed by atoms with Gasteiger partial charge < -0.3 is 10.1 Å². The molecular formula is C13H20N2O4S2. The van der Waals surface area contributed by atoms with E-state index < -0.39 is 10.0 Å². The molecule has 0 radical (unpaired) electrons. The Labute approximate surface area is 129 Å². The summed E-state index contributed by atoms with van der Waals surface area (Å²) in [5.41, 5.74) is 0. The molecule has 6 nitrogen and oxygen atoms in total. The summed E-state index contributed by atoms with van der Waals surface area (Å²) in [5, 5.41) is 4.44. The number of sulfonamides is 1. The van der Waals surface area contributed by atoms with Crippen molar-refractivity contribution in [1.29, 1.82) is 0 Å². The largest absolute Gasteiger partial charge is 0.373 e. The molecule has 0 aliphatic carbocycles. The van der Waals surface area contributed by atoms with Crippen LogP contribution in [0.5, 0.6) is 0 Å². The Morgan fingerprint density at radius 2 is 2.10 bits per heavy atom. The minimum atomic E-state index is -3.37. The van der Waals surface area contributed by atoms with Gasteiger partial charge in [-0.15, -0.1) is 11.3 Å². The minimum Gasteiger partial charge on any atom is -0.373 e. The minimum absolute atomic E-state index is 0.0937. The topological polar surface area (TPSA) is 75.7 Å². The van der Waals surface area contributed by atoms with Crippen molar-refractivity contribution in [1.82, 2.24) is 9.62 Å². The first-order valence-corrected chi connectivity index (χ1v) is 9.32. The van der Waals surface area contributed by atoms with Gasteiger partial charge >= 0.3 is 0 Å². The van der Waals surface area contributed by atoms with Gasteiger partial charge in [0.25, 0.3) is 5.91 Å². The third-order valence-corrected chi connectivity index (χ3v) is 5.84. The predicted molar refractivity (Wildman–Crippen MR) is 82.0 cm³/mol. The average Bonchev–Trinajstić information content (AvgIpc) is 2.91. The van der Waals surface area contributed by atoms with Crippen LogP contribution in [0.1, 0.15) is 23.5 Å². The fourth-order valence-corrected chi connectivity index (χ4v) is 4.41. The number of hydrogen-bond acceptors (Lipinski definition) is 5. The van der Waals surface area contributed by atoms with E-state index in [1.807, 2.05) is 19.2 Å². The lowest BCUT2D eigenvalue weighted by Crippen LogP contribution is -2.49. The van der Waals surface area contributed by atoms with Gasteiger partial charge in [-0.2, -0.15) is 4.31 Å². The van der Waals surface area contributed by atoms with E-state index in [-0.39, 0.29) is 30.4 Å². The molecule has 0 unspecified atom stereocenters. The zero-order valence-corrected chi connectivity index (χ0v) is 13.7. The van der Waals surface area contributed by atoms with E-state index in [4.69, 9.17) is 4.74 Å². The number of thiophene rings is 1. The molecule has 2 heterocycles. The van der Waals surface area contributed by atoms with Crippen molar-refractivity contribution in [2.45, 2.75) is 26.1 Å². The lowest BCUT2D eigenvalue weighted by atomic mass is 10.3. The second kappa shape index (κ2) is 6.87. The predicted octanol–water partition coefficient (Wildman–Crippen LogP) is 0.917. The van der Waals surface area contributed by atoms with Gasteiger partial charge in [-0.25, -0.2) is 8.42 Å². The number of morpholine rings is 1. The van der Waals surface area contributed by atoms with Crippen molar-refractivity contribution in [2.24, 2.45) is 0 Å². The summed E-state index contributed by atoms with van der Waals surface area (Å²) in [6, 6.07) is 3.49. The van der Waals surface area contributed by atoms with E-state index >= 15 is 0 Å². The molecule has 0 bridgehead atoms. The van der Waals surface area contributed by atoms with E-state index in [0.717, 1.165) is 0 Å². The molecule has 2 atom stereocenters. The SMILES string of the molecule is C[C@@H]1CN(S(=O)(=O)CCNC(=O)c2cccs2)C[C@@H](C)O1. The van der Waals surface area contributed by atoms with Crippen LogP contribution in [0.2, 0.25) is 0 Å². The summed E-state index contributed by atoms with van der Waals surface area (Å²) in [4.78, 5) is 12.3. The normalized spacial score (nSPS) is 23.9. The fraction of sp³-hybridized carbons (Fsp3) is 0.615. The average molecular weight is 332 g/mol. The molecule has 1 aromatic heterocycles. The number of carbonyl (C=O) groups excluding carboxylic acids is 1. The molecule has 21 heavy (non-hydrogen) atoms.